The molecule has 2 N–H and O–H groups in total. The minimum Gasteiger partial charge on any atom is -0.419 e. The van der Waals surface area contributed by atoms with Gasteiger partial charge in [-0.15, -0.1) is 21.5 Å². The quantitative estimate of drug-likeness (QED) is 0.937. The van der Waals surface area contributed by atoms with E-state index in [0.29, 0.717) is 24.4 Å². The zero-order valence-electron chi connectivity index (χ0n) is 11.7. The van der Waals surface area contributed by atoms with Crippen LogP contribution in [0.2, 0.25) is 0 Å². The molecule has 108 valence electrons. The van der Waals surface area contributed by atoms with Crippen LogP contribution in [0.25, 0.3) is 10.8 Å². The van der Waals surface area contributed by atoms with Crippen molar-refractivity contribution in [2.75, 3.05) is 6.54 Å². The van der Waals surface area contributed by atoms with Crippen molar-refractivity contribution < 1.29 is 4.42 Å². The number of thiophene rings is 1. The molecule has 1 aliphatic rings. The minimum absolute atomic E-state index is 0.176. The molecule has 3 heterocycles. The summed E-state index contributed by atoms with van der Waals surface area (Å²) in [6, 6.07) is 4.57. The second kappa shape index (κ2) is 6.03. The fourth-order valence-electron chi connectivity index (χ4n) is 2.80. The van der Waals surface area contributed by atoms with Crippen LogP contribution in [0.5, 0.6) is 0 Å². The van der Waals surface area contributed by atoms with E-state index in [0.717, 1.165) is 17.8 Å². The molecule has 0 spiro atoms. The van der Waals surface area contributed by atoms with Gasteiger partial charge in [-0.1, -0.05) is 12.5 Å². The van der Waals surface area contributed by atoms with E-state index in [9.17, 15) is 0 Å². The highest BCUT2D eigenvalue weighted by Crippen LogP contribution is 2.25. The van der Waals surface area contributed by atoms with Gasteiger partial charge >= 0.3 is 0 Å². The van der Waals surface area contributed by atoms with Crippen molar-refractivity contribution >= 4 is 11.3 Å². The van der Waals surface area contributed by atoms with Crippen molar-refractivity contribution in [3.63, 3.8) is 0 Å². The third-order valence-corrected chi connectivity index (χ3v) is 4.67. The first kappa shape index (κ1) is 13.7. The van der Waals surface area contributed by atoms with Crippen molar-refractivity contribution in [3.8, 4) is 10.8 Å². The van der Waals surface area contributed by atoms with Crippen molar-refractivity contribution in [1.29, 1.82) is 0 Å². The monoisotopic (exact) mass is 292 g/mol. The van der Waals surface area contributed by atoms with Gasteiger partial charge in [0.25, 0.3) is 5.89 Å². The number of aromatic nitrogens is 2. The molecule has 5 nitrogen and oxygen atoms in total. The summed E-state index contributed by atoms with van der Waals surface area (Å²) < 4.78 is 5.76. The van der Waals surface area contributed by atoms with Crippen LogP contribution >= 0.6 is 11.3 Å². The second-order valence-corrected chi connectivity index (χ2v) is 6.32. The number of hydrogen-bond acceptors (Lipinski definition) is 6. The molecular weight excluding hydrogens is 272 g/mol. The van der Waals surface area contributed by atoms with Crippen LogP contribution in [0.3, 0.4) is 0 Å². The van der Waals surface area contributed by atoms with E-state index < -0.39 is 0 Å². The van der Waals surface area contributed by atoms with Gasteiger partial charge in [-0.3, -0.25) is 4.90 Å². The van der Waals surface area contributed by atoms with Gasteiger partial charge < -0.3 is 10.2 Å². The molecule has 0 saturated carbocycles. The van der Waals surface area contributed by atoms with E-state index in [2.05, 4.69) is 22.0 Å². The molecule has 0 amide bonds. The Kier molecular flexibility index (Phi) is 4.14. The summed E-state index contributed by atoms with van der Waals surface area (Å²) in [7, 11) is 0. The molecule has 3 rings (SSSR count). The summed E-state index contributed by atoms with van der Waals surface area (Å²) >= 11 is 1.61. The van der Waals surface area contributed by atoms with Crippen molar-refractivity contribution in [2.24, 2.45) is 5.73 Å². The smallest absolute Gasteiger partial charge is 0.257 e. The Hall–Kier alpha value is -1.24. The highest BCUT2D eigenvalue weighted by molar-refractivity contribution is 7.13. The van der Waals surface area contributed by atoms with E-state index in [1.807, 2.05) is 17.5 Å². The maximum Gasteiger partial charge on any atom is 0.257 e. The molecule has 0 aromatic carbocycles. The largest absolute Gasteiger partial charge is 0.419 e. The molecule has 2 aromatic rings. The maximum atomic E-state index is 6.09. The van der Waals surface area contributed by atoms with Crippen LogP contribution in [-0.2, 0) is 6.54 Å². The average Bonchev–Trinajstić information content (AvgIpc) is 3.09. The summed E-state index contributed by atoms with van der Waals surface area (Å²) in [4.78, 5) is 3.39. The molecule has 1 saturated heterocycles. The van der Waals surface area contributed by atoms with E-state index in [-0.39, 0.29) is 6.04 Å². The van der Waals surface area contributed by atoms with Gasteiger partial charge in [-0.05, 0) is 37.8 Å². The molecule has 2 atom stereocenters. The summed E-state index contributed by atoms with van der Waals surface area (Å²) in [5.74, 6) is 1.30. The Bertz CT molecular complexity index is 537. The first-order valence-corrected chi connectivity index (χ1v) is 7.98. The number of piperidine rings is 1. The van der Waals surface area contributed by atoms with E-state index in [4.69, 9.17) is 10.2 Å². The normalized spacial score (nSPS) is 22.0. The molecule has 0 bridgehead atoms. The summed E-state index contributed by atoms with van der Waals surface area (Å²) in [5, 5.41) is 10.3. The van der Waals surface area contributed by atoms with Gasteiger partial charge in [0.2, 0.25) is 5.89 Å². The highest BCUT2D eigenvalue weighted by Gasteiger charge is 2.26. The van der Waals surface area contributed by atoms with Crippen molar-refractivity contribution in [1.82, 2.24) is 15.1 Å². The molecule has 1 fully saturated rings. The Balaban J connectivity index is 1.71. The van der Waals surface area contributed by atoms with Gasteiger partial charge in [-0.2, -0.15) is 0 Å². The molecule has 2 unspecified atom stereocenters. The maximum absolute atomic E-state index is 6.09. The van der Waals surface area contributed by atoms with E-state index >= 15 is 0 Å². The number of hydrogen-bond donors (Lipinski definition) is 1. The lowest BCUT2D eigenvalue weighted by atomic mass is 9.97. The average molecular weight is 292 g/mol. The van der Waals surface area contributed by atoms with Crippen LogP contribution in [0.4, 0.5) is 0 Å². The van der Waals surface area contributed by atoms with Crippen molar-refractivity contribution in [3.05, 3.63) is 23.4 Å². The third kappa shape index (κ3) is 2.92. The molecular formula is C14H20N4OS. The Morgan fingerprint density at radius 1 is 1.50 bits per heavy atom. The predicted molar refractivity (Wildman–Crippen MR) is 79.3 cm³/mol. The number of rotatable bonds is 4. The summed E-state index contributed by atoms with van der Waals surface area (Å²) in [6.07, 6.45) is 3.63. The van der Waals surface area contributed by atoms with Gasteiger partial charge in [0.1, 0.15) is 0 Å². The number of likely N-dealkylation sites (tertiary alicyclic amines) is 1. The Morgan fingerprint density at radius 3 is 3.15 bits per heavy atom. The van der Waals surface area contributed by atoms with Crippen LogP contribution in [0, 0.1) is 0 Å². The lowest BCUT2D eigenvalue weighted by Gasteiger charge is -2.37. The van der Waals surface area contributed by atoms with Gasteiger partial charge in [0.15, 0.2) is 0 Å². The van der Waals surface area contributed by atoms with Crippen LogP contribution in [-0.4, -0.2) is 33.7 Å². The number of nitrogens with zero attached hydrogens (tertiary/aromatic N) is 3. The van der Waals surface area contributed by atoms with Crippen molar-refractivity contribution in [2.45, 2.75) is 44.8 Å². The van der Waals surface area contributed by atoms with Gasteiger partial charge in [0, 0.05) is 12.1 Å². The predicted octanol–water partition coefficient (Wildman–Crippen LogP) is 2.50. The Morgan fingerprint density at radius 2 is 2.40 bits per heavy atom. The molecule has 1 aliphatic heterocycles. The first-order chi connectivity index (χ1) is 9.74. The molecule has 20 heavy (non-hydrogen) atoms. The standard InChI is InChI=1S/C14H20N4OS/c1-10(15)11-5-2-3-7-18(11)9-13-16-17-14(19-13)12-6-4-8-20-12/h4,6,8,10-11H,2-3,5,7,9,15H2,1H3. The van der Waals surface area contributed by atoms with E-state index in [1.54, 1.807) is 11.3 Å². The van der Waals surface area contributed by atoms with Crippen LogP contribution in [0.1, 0.15) is 32.1 Å². The summed E-state index contributed by atoms with van der Waals surface area (Å²) in [6.45, 7) is 3.83. The minimum atomic E-state index is 0.176. The number of nitrogens with two attached hydrogens (primary N) is 1. The summed E-state index contributed by atoms with van der Waals surface area (Å²) in [5.41, 5.74) is 6.09. The second-order valence-electron chi connectivity index (χ2n) is 5.37. The zero-order chi connectivity index (χ0) is 13.9. The first-order valence-electron chi connectivity index (χ1n) is 7.10. The lowest BCUT2D eigenvalue weighted by Crippen LogP contribution is -2.48. The Labute approximate surface area is 122 Å². The zero-order valence-corrected chi connectivity index (χ0v) is 12.5. The molecule has 0 aliphatic carbocycles. The van der Waals surface area contributed by atoms with Crippen LogP contribution in [0.15, 0.2) is 21.9 Å². The third-order valence-electron chi connectivity index (χ3n) is 3.81. The molecule has 2 aromatic heterocycles. The fourth-order valence-corrected chi connectivity index (χ4v) is 3.44. The SMILES string of the molecule is CC(N)C1CCCCN1Cc1nnc(-c2cccs2)o1. The van der Waals surface area contributed by atoms with Gasteiger partial charge in [-0.25, -0.2) is 0 Å². The van der Waals surface area contributed by atoms with E-state index in [1.165, 1.54) is 12.8 Å². The fraction of sp³-hybridized carbons (Fsp3) is 0.571. The van der Waals surface area contributed by atoms with Gasteiger partial charge in [0.05, 0.1) is 11.4 Å². The molecule has 0 radical (unpaired) electrons. The highest BCUT2D eigenvalue weighted by atomic mass is 32.1. The van der Waals surface area contributed by atoms with Crippen LogP contribution < -0.4 is 5.73 Å². The molecule has 6 heteroatoms. The topological polar surface area (TPSA) is 68.2 Å². The lowest BCUT2D eigenvalue weighted by molar-refractivity contribution is 0.112.